The van der Waals surface area contributed by atoms with Crippen molar-refractivity contribution in [1.29, 1.82) is 0 Å². The Kier molecular flexibility index (Phi) is 8.64. The van der Waals surface area contributed by atoms with Crippen LogP contribution in [0.2, 0.25) is 5.02 Å². The number of benzene rings is 1. The molecule has 1 aliphatic rings. The number of thioether (sulfide) groups is 1. The van der Waals surface area contributed by atoms with E-state index in [1.54, 1.807) is 12.1 Å². The van der Waals surface area contributed by atoms with Crippen molar-refractivity contribution in [2.24, 2.45) is 0 Å². The standard InChI is InChI=1S/C25H27ClN4O3S2/c1-3-13-30-22(16-9-8-10-17(26)14-16)28-29-25(30)34-15-20(31)27-23-21(24(32)33-2)18-11-6-4-5-7-12-19(18)35-23/h3,8-10,14H,1,4-7,11-13,15H2,2H3,(H,27,31). The molecule has 2 heterocycles. The number of fused-ring (bicyclic) bond motifs is 1. The number of esters is 1. The molecular formula is C25H27ClN4O3S2. The van der Waals surface area contributed by atoms with Crippen molar-refractivity contribution in [3.63, 3.8) is 0 Å². The normalized spacial score (nSPS) is 13.4. The van der Waals surface area contributed by atoms with Crippen LogP contribution in [0.3, 0.4) is 0 Å². The number of ether oxygens (including phenoxy) is 1. The second-order valence-corrected chi connectivity index (χ2v) is 10.7. The number of rotatable bonds is 8. The summed E-state index contributed by atoms with van der Waals surface area (Å²) in [6, 6.07) is 7.39. The molecule has 0 bridgehead atoms. The molecule has 0 aliphatic heterocycles. The maximum atomic E-state index is 12.9. The Hall–Kier alpha value is -2.62. The molecule has 2 aromatic heterocycles. The number of anilines is 1. The number of aromatic nitrogens is 3. The maximum Gasteiger partial charge on any atom is 0.341 e. The lowest BCUT2D eigenvalue weighted by atomic mass is 9.96. The fraction of sp³-hybridized carbons (Fsp3) is 0.360. The average Bonchev–Trinajstić information content (AvgIpc) is 3.38. The lowest BCUT2D eigenvalue weighted by Gasteiger charge is -2.11. The number of aryl methyl sites for hydroxylation is 1. The summed E-state index contributed by atoms with van der Waals surface area (Å²) in [7, 11) is 1.38. The smallest absolute Gasteiger partial charge is 0.341 e. The van der Waals surface area contributed by atoms with E-state index >= 15 is 0 Å². The van der Waals surface area contributed by atoms with E-state index in [0.29, 0.717) is 33.1 Å². The van der Waals surface area contributed by atoms with E-state index in [-0.39, 0.29) is 11.7 Å². The predicted octanol–water partition coefficient (Wildman–Crippen LogP) is 6.02. The van der Waals surface area contributed by atoms with Gasteiger partial charge < -0.3 is 10.1 Å². The van der Waals surface area contributed by atoms with Gasteiger partial charge in [0.1, 0.15) is 5.00 Å². The van der Waals surface area contributed by atoms with Crippen molar-refractivity contribution in [2.75, 3.05) is 18.2 Å². The first-order valence-corrected chi connectivity index (χ1v) is 13.6. The zero-order valence-corrected chi connectivity index (χ0v) is 21.9. The first kappa shape index (κ1) is 25.5. The Labute approximate surface area is 217 Å². The fourth-order valence-corrected chi connectivity index (χ4v) is 6.38. The van der Waals surface area contributed by atoms with Crippen LogP contribution in [0.1, 0.15) is 46.5 Å². The lowest BCUT2D eigenvalue weighted by Crippen LogP contribution is -2.17. The van der Waals surface area contributed by atoms with Crippen LogP contribution in [-0.2, 0) is 28.9 Å². The lowest BCUT2D eigenvalue weighted by molar-refractivity contribution is -0.113. The summed E-state index contributed by atoms with van der Waals surface area (Å²) in [6.07, 6.45) is 7.97. The zero-order chi connectivity index (χ0) is 24.8. The van der Waals surface area contributed by atoms with Crippen molar-refractivity contribution in [3.8, 4) is 11.4 Å². The minimum atomic E-state index is -0.400. The molecule has 1 N–H and O–H groups in total. The van der Waals surface area contributed by atoms with Gasteiger partial charge in [0.05, 0.1) is 18.4 Å². The molecule has 0 radical (unpaired) electrons. The van der Waals surface area contributed by atoms with E-state index < -0.39 is 5.97 Å². The predicted molar refractivity (Wildman–Crippen MR) is 142 cm³/mol. The Morgan fingerprint density at radius 2 is 2.06 bits per heavy atom. The molecule has 0 unspecified atom stereocenters. The molecule has 0 spiro atoms. The monoisotopic (exact) mass is 530 g/mol. The van der Waals surface area contributed by atoms with Crippen LogP contribution in [-0.4, -0.2) is 39.5 Å². The van der Waals surface area contributed by atoms with Crippen LogP contribution in [0.4, 0.5) is 5.00 Å². The number of amides is 1. The van der Waals surface area contributed by atoms with Gasteiger partial charge >= 0.3 is 5.97 Å². The molecule has 1 amide bonds. The molecule has 4 rings (SSSR count). The number of hydrogen-bond acceptors (Lipinski definition) is 7. The van der Waals surface area contributed by atoms with Crippen molar-refractivity contribution in [2.45, 2.75) is 50.2 Å². The third-order valence-corrected chi connectivity index (χ3v) is 8.17. The Morgan fingerprint density at radius 3 is 2.80 bits per heavy atom. The largest absolute Gasteiger partial charge is 0.465 e. The summed E-state index contributed by atoms with van der Waals surface area (Å²) in [4.78, 5) is 26.7. The molecule has 0 saturated heterocycles. The van der Waals surface area contributed by atoms with Gasteiger partial charge in [-0.25, -0.2) is 4.79 Å². The summed E-state index contributed by atoms with van der Waals surface area (Å²) in [5.41, 5.74) is 2.37. The molecule has 0 atom stereocenters. The van der Waals surface area contributed by atoms with E-state index in [1.165, 1.54) is 41.5 Å². The third-order valence-electron chi connectivity index (χ3n) is 5.76. The zero-order valence-electron chi connectivity index (χ0n) is 19.5. The number of hydrogen-bond donors (Lipinski definition) is 1. The van der Waals surface area contributed by atoms with Crippen LogP contribution >= 0.6 is 34.7 Å². The van der Waals surface area contributed by atoms with Crippen molar-refractivity contribution >= 4 is 51.6 Å². The van der Waals surface area contributed by atoms with Gasteiger partial charge in [-0.3, -0.25) is 9.36 Å². The summed E-state index contributed by atoms with van der Waals surface area (Å²) in [5, 5.41) is 13.3. The van der Waals surface area contributed by atoms with Crippen molar-refractivity contribution < 1.29 is 14.3 Å². The summed E-state index contributed by atoms with van der Waals surface area (Å²) in [6.45, 7) is 4.32. The molecule has 1 aliphatic carbocycles. The van der Waals surface area contributed by atoms with Crippen LogP contribution in [0, 0.1) is 0 Å². The second kappa shape index (κ2) is 11.9. The highest BCUT2D eigenvalue weighted by atomic mass is 35.5. The van der Waals surface area contributed by atoms with Gasteiger partial charge in [0.25, 0.3) is 0 Å². The van der Waals surface area contributed by atoms with E-state index in [4.69, 9.17) is 16.3 Å². The number of nitrogens with zero attached hydrogens (tertiary/aromatic N) is 3. The maximum absolute atomic E-state index is 12.9. The first-order valence-electron chi connectivity index (χ1n) is 11.5. The van der Waals surface area contributed by atoms with Gasteiger partial charge in [-0.2, -0.15) is 0 Å². The molecule has 184 valence electrons. The molecule has 7 nitrogen and oxygen atoms in total. The van der Waals surface area contributed by atoms with Gasteiger partial charge in [0.15, 0.2) is 11.0 Å². The highest BCUT2D eigenvalue weighted by Crippen LogP contribution is 2.37. The van der Waals surface area contributed by atoms with Gasteiger partial charge in [0.2, 0.25) is 5.91 Å². The summed E-state index contributed by atoms with van der Waals surface area (Å²) >= 11 is 8.92. The van der Waals surface area contributed by atoms with Crippen molar-refractivity contribution in [1.82, 2.24) is 14.8 Å². The summed E-state index contributed by atoms with van der Waals surface area (Å²) in [5.74, 6) is 0.157. The second-order valence-electron chi connectivity index (χ2n) is 8.17. The van der Waals surface area contributed by atoms with Crippen LogP contribution in [0.15, 0.2) is 42.1 Å². The Balaban J connectivity index is 1.51. The quantitative estimate of drug-likeness (QED) is 0.218. The molecular weight excluding hydrogens is 504 g/mol. The van der Waals surface area contributed by atoms with Crippen molar-refractivity contribution in [3.05, 3.63) is 57.9 Å². The highest BCUT2D eigenvalue weighted by Gasteiger charge is 2.26. The van der Waals surface area contributed by atoms with Crippen LogP contribution in [0.5, 0.6) is 0 Å². The molecule has 3 aromatic rings. The number of carbonyl (C=O) groups excluding carboxylic acids is 2. The molecule has 10 heteroatoms. The van der Waals surface area contributed by atoms with Gasteiger partial charge in [0, 0.05) is 22.0 Å². The van der Waals surface area contributed by atoms with E-state index in [0.717, 1.165) is 43.2 Å². The fourth-order valence-electron chi connectivity index (χ4n) is 4.15. The minimum absolute atomic E-state index is 0.119. The minimum Gasteiger partial charge on any atom is -0.465 e. The number of halogens is 1. The number of nitrogens with one attached hydrogen (secondary N) is 1. The SMILES string of the molecule is C=CCn1c(SCC(=O)Nc2sc3c(c2C(=O)OC)CCCCCC3)nnc1-c1cccc(Cl)c1. The van der Waals surface area contributed by atoms with Gasteiger partial charge in [-0.05, 0) is 43.4 Å². The van der Waals surface area contributed by atoms with Gasteiger partial charge in [-0.1, -0.05) is 54.4 Å². The molecule has 35 heavy (non-hydrogen) atoms. The number of methoxy groups -OCH3 is 1. The Bertz CT molecular complexity index is 1240. The highest BCUT2D eigenvalue weighted by molar-refractivity contribution is 7.99. The van der Waals surface area contributed by atoms with Gasteiger partial charge in [-0.15, -0.1) is 28.1 Å². The average molecular weight is 531 g/mol. The first-order chi connectivity index (χ1) is 17.0. The molecule has 0 fully saturated rings. The molecule has 0 saturated carbocycles. The van der Waals surface area contributed by atoms with Crippen LogP contribution in [0.25, 0.3) is 11.4 Å². The number of thiophene rings is 1. The summed E-state index contributed by atoms with van der Waals surface area (Å²) < 4.78 is 6.95. The number of allylic oxidation sites excluding steroid dienone is 1. The number of carbonyl (C=O) groups is 2. The van der Waals surface area contributed by atoms with Crippen LogP contribution < -0.4 is 5.32 Å². The van der Waals surface area contributed by atoms with E-state index in [2.05, 4.69) is 22.1 Å². The Morgan fingerprint density at radius 1 is 1.26 bits per heavy atom. The molecule has 1 aromatic carbocycles. The van der Waals surface area contributed by atoms with E-state index in [1.807, 2.05) is 22.8 Å². The van der Waals surface area contributed by atoms with E-state index in [9.17, 15) is 9.59 Å². The topological polar surface area (TPSA) is 86.1 Å². The third kappa shape index (κ3) is 5.97.